The van der Waals surface area contributed by atoms with Crippen molar-refractivity contribution in [1.29, 1.82) is 0 Å². The van der Waals surface area contributed by atoms with Crippen LogP contribution in [0.4, 0.5) is 11.4 Å². The average Bonchev–Trinajstić information content (AvgIpc) is 3.84. The first-order chi connectivity index (χ1) is 22.8. The van der Waals surface area contributed by atoms with Gasteiger partial charge in [-0.05, 0) is 62.4 Å². The number of amides is 2. The van der Waals surface area contributed by atoms with Crippen molar-refractivity contribution < 1.29 is 29.3 Å². The van der Waals surface area contributed by atoms with Gasteiger partial charge in [-0.25, -0.2) is 0 Å². The quantitative estimate of drug-likeness (QED) is 0.111. The molecule has 1 aromatic heterocycles. The van der Waals surface area contributed by atoms with Crippen LogP contribution >= 0.6 is 0 Å². The Bertz CT molecular complexity index is 1570. The molecule has 0 radical (unpaired) electrons. The first kappa shape index (κ1) is 34.0. The van der Waals surface area contributed by atoms with Crippen molar-refractivity contribution in [3.8, 4) is 0 Å². The maximum absolute atomic E-state index is 13.9. The number of anilines is 2. The van der Waals surface area contributed by atoms with Gasteiger partial charge in [-0.1, -0.05) is 54.6 Å². The van der Waals surface area contributed by atoms with E-state index < -0.39 is 17.4 Å². The van der Waals surface area contributed by atoms with Crippen LogP contribution in [0.25, 0.3) is 0 Å². The van der Waals surface area contributed by atoms with Crippen LogP contribution in [-0.2, 0) is 31.3 Å². The Morgan fingerprint density at radius 1 is 1.19 bits per heavy atom. The highest BCUT2D eigenvalue weighted by Crippen LogP contribution is 2.46. The molecule has 5 rings (SSSR count). The number of rotatable bonds is 15. The first-order valence-corrected chi connectivity index (χ1v) is 16.3. The van der Waals surface area contributed by atoms with Gasteiger partial charge in [0.05, 0.1) is 37.1 Å². The summed E-state index contributed by atoms with van der Waals surface area (Å²) in [6.07, 6.45) is 9.15. The maximum atomic E-state index is 13.9. The fraction of sp³-hybridized carbons (Fsp3) is 0.457. The standard InChI is InChI=1S/C35H44N6O6/c1-24(11-6-8-19-40-22-30(38-39-40)27(23-42)25-12-4-3-5-13-25)35(46)28-21-26(37-33(44)29-14-10-18-36-29)16-17-31(28)41(34(35)45)20-9-7-15-32(43)47-2/h3-6,11-13,16-17,21-22,24,27,29,36,42,46H,7-10,14-15,18-20,23H2,1-2H3,(H,37,44)/b11-6+/t24-,27?,29-,35+/m1/s1. The summed E-state index contributed by atoms with van der Waals surface area (Å²) in [7, 11) is 1.35. The molecule has 2 aromatic carbocycles. The number of hydrogen-bond acceptors (Lipinski definition) is 9. The summed E-state index contributed by atoms with van der Waals surface area (Å²) in [5.74, 6) is -1.76. The second-order valence-electron chi connectivity index (χ2n) is 12.2. The Morgan fingerprint density at radius 3 is 2.72 bits per heavy atom. The fourth-order valence-electron chi connectivity index (χ4n) is 6.31. The molecule has 0 aliphatic carbocycles. The predicted octanol–water partition coefficient (Wildman–Crippen LogP) is 3.25. The van der Waals surface area contributed by atoms with Crippen LogP contribution in [0.3, 0.4) is 0 Å². The number of fused-ring (bicyclic) bond motifs is 1. The van der Waals surface area contributed by atoms with E-state index in [2.05, 4.69) is 20.9 Å². The molecule has 1 saturated heterocycles. The highest BCUT2D eigenvalue weighted by Gasteiger charge is 2.52. The molecule has 47 heavy (non-hydrogen) atoms. The number of benzene rings is 2. The SMILES string of the molecule is COC(=O)CCCCN1C(=O)[C@](O)([C@H](C)/C=C/CCn2cc(C(CO)c3ccccc3)nn2)c2cc(NC(=O)[C@H]3CCCN3)ccc21. The Labute approximate surface area is 274 Å². The average molecular weight is 645 g/mol. The lowest BCUT2D eigenvalue weighted by Crippen LogP contribution is -2.44. The second-order valence-corrected chi connectivity index (χ2v) is 12.2. The zero-order valence-electron chi connectivity index (χ0n) is 27.0. The van der Waals surface area contributed by atoms with E-state index in [4.69, 9.17) is 4.74 Å². The molecule has 2 amide bonds. The number of carbonyl (C=O) groups is 3. The number of unbranched alkanes of at least 4 members (excludes halogenated alkanes) is 1. The minimum absolute atomic E-state index is 0.0840. The molecule has 0 bridgehead atoms. The number of carbonyl (C=O) groups excluding carboxylic acids is 3. The van der Waals surface area contributed by atoms with Crippen LogP contribution < -0.4 is 15.5 Å². The Kier molecular flexibility index (Phi) is 11.2. The number of aliphatic hydroxyl groups is 2. The number of aryl methyl sites for hydroxylation is 1. The number of hydrogen-bond donors (Lipinski definition) is 4. The van der Waals surface area contributed by atoms with Gasteiger partial charge in [0, 0.05) is 42.9 Å². The summed E-state index contributed by atoms with van der Waals surface area (Å²) in [4.78, 5) is 39.9. The number of nitrogens with zero attached hydrogens (tertiary/aromatic N) is 4. The van der Waals surface area contributed by atoms with Crippen molar-refractivity contribution in [1.82, 2.24) is 20.3 Å². The summed E-state index contributed by atoms with van der Waals surface area (Å²) in [6, 6.07) is 14.6. The van der Waals surface area contributed by atoms with E-state index in [1.54, 1.807) is 34.7 Å². The second kappa shape index (κ2) is 15.5. The number of esters is 1. The van der Waals surface area contributed by atoms with E-state index in [0.29, 0.717) is 55.0 Å². The number of aromatic nitrogens is 3. The van der Waals surface area contributed by atoms with Gasteiger partial charge in [0.15, 0.2) is 5.60 Å². The first-order valence-electron chi connectivity index (χ1n) is 16.3. The van der Waals surface area contributed by atoms with Crippen LogP contribution in [0, 0.1) is 5.92 Å². The number of nitrogens with one attached hydrogen (secondary N) is 2. The smallest absolute Gasteiger partial charge is 0.305 e. The molecule has 1 unspecified atom stereocenters. The van der Waals surface area contributed by atoms with Gasteiger partial charge in [-0.3, -0.25) is 19.1 Å². The third-order valence-corrected chi connectivity index (χ3v) is 9.06. The fourth-order valence-corrected chi connectivity index (χ4v) is 6.31. The van der Waals surface area contributed by atoms with Crippen LogP contribution in [0.15, 0.2) is 66.9 Å². The Morgan fingerprint density at radius 2 is 2.00 bits per heavy atom. The van der Waals surface area contributed by atoms with Crippen molar-refractivity contribution in [2.24, 2.45) is 5.92 Å². The molecule has 4 atom stereocenters. The van der Waals surface area contributed by atoms with Gasteiger partial charge in [-0.15, -0.1) is 5.10 Å². The number of methoxy groups -OCH3 is 1. The number of allylic oxidation sites excluding steroid dienone is 1. The van der Waals surface area contributed by atoms with Gasteiger partial charge in [0.1, 0.15) is 0 Å². The molecule has 0 spiro atoms. The summed E-state index contributed by atoms with van der Waals surface area (Å²) in [5, 5.41) is 36.7. The molecule has 0 saturated carbocycles. The van der Waals surface area contributed by atoms with E-state index in [1.165, 1.54) is 7.11 Å². The number of aliphatic hydroxyl groups excluding tert-OH is 1. The highest BCUT2D eigenvalue weighted by molar-refractivity contribution is 6.08. The third-order valence-electron chi connectivity index (χ3n) is 9.06. The molecule has 4 N–H and O–H groups in total. The Balaban J connectivity index is 1.29. The topological polar surface area (TPSA) is 159 Å². The van der Waals surface area contributed by atoms with E-state index >= 15 is 0 Å². The minimum Gasteiger partial charge on any atom is -0.469 e. The lowest BCUT2D eigenvalue weighted by Gasteiger charge is -2.28. The highest BCUT2D eigenvalue weighted by atomic mass is 16.5. The van der Waals surface area contributed by atoms with E-state index in [0.717, 1.165) is 24.9 Å². The molecule has 12 nitrogen and oxygen atoms in total. The molecular formula is C35H44N6O6. The normalized spacial score (nSPS) is 20.4. The van der Waals surface area contributed by atoms with E-state index in [1.807, 2.05) is 48.7 Å². The largest absolute Gasteiger partial charge is 0.469 e. The van der Waals surface area contributed by atoms with Crippen LogP contribution in [0.2, 0.25) is 0 Å². The third kappa shape index (κ3) is 7.61. The van der Waals surface area contributed by atoms with Crippen LogP contribution in [0.5, 0.6) is 0 Å². The molecule has 3 aromatic rings. The molecular weight excluding hydrogens is 600 g/mol. The molecule has 1 fully saturated rings. The molecule has 12 heteroatoms. The van der Waals surface area contributed by atoms with Crippen molar-refractivity contribution in [3.05, 3.63) is 83.7 Å². The molecule has 2 aliphatic rings. The van der Waals surface area contributed by atoms with E-state index in [9.17, 15) is 24.6 Å². The van der Waals surface area contributed by atoms with Gasteiger partial charge < -0.3 is 30.5 Å². The summed E-state index contributed by atoms with van der Waals surface area (Å²) in [6.45, 7) is 3.35. The van der Waals surface area contributed by atoms with E-state index in [-0.39, 0.29) is 36.9 Å². The van der Waals surface area contributed by atoms with Gasteiger partial charge >= 0.3 is 5.97 Å². The zero-order valence-corrected chi connectivity index (χ0v) is 27.0. The predicted molar refractivity (Wildman–Crippen MR) is 177 cm³/mol. The summed E-state index contributed by atoms with van der Waals surface area (Å²) in [5.41, 5.74) is 1.31. The van der Waals surface area contributed by atoms with Crippen molar-refractivity contribution in [3.63, 3.8) is 0 Å². The minimum atomic E-state index is -1.86. The van der Waals surface area contributed by atoms with Crippen molar-refractivity contribution in [2.45, 2.75) is 69.6 Å². The lowest BCUT2D eigenvalue weighted by atomic mass is 9.82. The van der Waals surface area contributed by atoms with Gasteiger partial charge in [0.25, 0.3) is 5.91 Å². The van der Waals surface area contributed by atoms with Crippen LogP contribution in [-0.4, -0.2) is 75.8 Å². The van der Waals surface area contributed by atoms with Gasteiger partial charge in [-0.2, -0.15) is 0 Å². The zero-order chi connectivity index (χ0) is 33.4. The van der Waals surface area contributed by atoms with Crippen LogP contribution in [0.1, 0.15) is 68.2 Å². The van der Waals surface area contributed by atoms with Crippen molar-refractivity contribution >= 4 is 29.2 Å². The number of ether oxygens (including phenoxy) is 1. The van der Waals surface area contributed by atoms with Crippen molar-refractivity contribution in [2.75, 3.05) is 37.0 Å². The lowest BCUT2D eigenvalue weighted by molar-refractivity contribution is -0.140. The summed E-state index contributed by atoms with van der Waals surface area (Å²) < 4.78 is 6.44. The van der Waals surface area contributed by atoms with Gasteiger partial charge in [0.2, 0.25) is 5.91 Å². The molecule has 250 valence electrons. The monoisotopic (exact) mass is 644 g/mol. The Hall–Kier alpha value is -4.39. The molecule has 3 heterocycles. The molecule has 2 aliphatic heterocycles. The summed E-state index contributed by atoms with van der Waals surface area (Å²) >= 11 is 0. The maximum Gasteiger partial charge on any atom is 0.305 e.